The lowest BCUT2D eigenvalue weighted by atomic mass is 9.55. The molecule has 1 heteroatoms. The molecule has 0 aromatic rings. The maximum atomic E-state index is 15.0. The first-order valence-electron chi connectivity index (χ1n) is 6.57. The number of hydrogen-bond acceptors (Lipinski definition) is 0. The van der Waals surface area contributed by atoms with Gasteiger partial charge in [0.1, 0.15) is 5.67 Å². The quantitative estimate of drug-likeness (QED) is 0.524. The van der Waals surface area contributed by atoms with Crippen molar-refractivity contribution in [3.8, 4) is 0 Å². The van der Waals surface area contributed by atoms with Crippen LogP contribution in [0.25, 0.3) is 0 Å². The van der Waals surface area contributed by atoms with Crippen LogP contribution in [-0.4, -0.2) is 5.67 Å². The van der Waals surface area contributed by atoms with Crippen LogP contribution in [0.5, 0.6) is 0 Å². The van der Waals surface area contributed by atoms with Crippen LogP contribution in [0.15, 0.2) is 12.2 Å². The third-order valence-corrected chi connectivity index (χ3v) is 4.69. The minimum Gasteiger partial charge on any atom is -0.243 e. The van der Waals surface area contributed by atoms with Gasteiger partial charge in [-0.15, -0.1) is 0 Å². The van der Waals surface area contributed by atoms with Gasteiger partial charge in [0.15, 0.2) is 0 Å². The molecule has 0 aliphatic heterocycles. The monoisotopic (exact) mass is 228 g/mol. The Hall–Kier alpha value is -0.330. The summed E-state index contributed by atoms with van der Waals surface area (Å²) in [5.41, 5.74) is -1.53. The van der Waals surface area contributed by atoms with Gasteiger partial charge in [-0.05, 0) is 32.1 Å². The first-order valence-corrected chi connectivity index (χ1v) is 6.57. The largest absolute Gasteiger partial charge is 0.243 e. The van der Waals surface area contributed by atoms with E-state index in [-0.39, 0.29) is 10.8 Å². The van der Waals surface area contributed by atoms with Crippen molar-refractivity contribution in [3.63, 3.8) is 0 Å². The fourth-order valence-corrected chi connectivity index (χ4v) is 2.99. The molecule has 0 aliphatic rings. The minimum absolute atomic E-state index is 0.0201. The molecule has 0 radical (unpaired) electrons. The van der Waals surface area contributed by atoms with E-state index < -0.39 is 5.67 Å². The fourth-order valence-electron chi connectivity index (χ4n) is 2.99. The van der Waals surface area contributed by atoms with Crippen LogP contribution < -0.4 is 0 Å². The lowest BCUT2D eigenvalue weighted by Gasteiger charge is -2.51. The van der Waals surface area contributed by atoms with E-state index in [1.165, 1.54) is 0 Å². The highest BCUT2D eigenvalue weighted by Gasteiger charge is 2.53. The highest BCUT2D eigenvalue weighted by atomic mass is 19.1. The van der Waals surface area contributed by atoms with Crippen LogP contribution in [0.2, 0.25) is 0 Å². The molecule has 0 heterocycles. The highest BCUT2D eigenvalue weighted by molar-refractivity contribution is 5.14. The van der Waals surface area contributed by atoms with Crippen molar-refractivity contribution >= 4 is 0 Å². The molecule has 96 valence electrons. The summed E-state index contributed by atoms with van der Waals surface area (Å²) >= 11 is 0. The van der Waals surface area contributed by atoms with Crippen molar-refractivity contribution < 1.29 is 4.39 Å². The van der Waals surface area contributed by atoms with E-state index in [1.54, 1.807) is 6.92 Å². The van der Waals surface area contributed by atoms with Gasteiger partial charge >= 0.3 is 0 Å². The summed E-state index contributed by atoms with van der Waals surface area (Å²) < 4.78 is 15.0. The Kier molecular flexibility index (Phi) is 5.22. The summed E-state index contributed by atoms with van der Waals surface area (Å²) in [5, 5.41) is 0. The Balaban J connectivity index is 5.68. The molecule has 2 atom stereocenters. The van der Waals surface area contributed by atoms with E-state index >= 15 is 0 Å². The van der Waals surface area contributed by atoms with Crippen molar-refractivity contribution in [1.82, 2.24) is 0 Å². The molecule has 0 rings (SSSR count). The van der Waals surface area contributed by atoms with Crippen molar-refractivity contribution in [2.24, 2.45) is 10.8 Å². The fraction of sp³-hybridized carbons (Fsp3) is 0.867. The molecular formula is C15H29F. The predicted molar refractivity (Wildman–Crippen MR) is 71.4 cm³/mol. The van der Waals surface area contributed by atoms with Gasteiger partial charge in [0.25, 0.3) is 0 Å². The molecule has 16 heavy (non-hydrogen) atoms. The molecule has 0 fully saturated rings. The lowest BCUT2D eigenvalue weighted by Crippen LogP contribution is -2.50. The third-order valence-electron chi connectivity index (χ3n) is 4.69. The van der Waals surface area contributed by atoms with Crippen molar-refractivity contribution in [2.45, 2.75) is 73.4 Å². The van der Waals surface area contributed by atoms with Gasteiger partial charge < -0.3 is 0 Å². The molecule has 0 aliphatic carbocycles. The Morgan fingerprint density at radius 1 is 0.938 bits per heavy atom. The second kappa shape index (κ2) is 5.33. The summed E-state index contributed by atoms with van der Waals surface area (Å²) in [6.07, 6.45) is 6.51. The van der Waals surface area contributed by atoms with Gasteiger partial charge in [0.05, 0.1) is 0 Å². The van der Waals surface area contributed by atoms with Gasteiger partial charge in [-0.1, -0.05) is 53.2 Å². The topological polar surface area (TPSA) is 0 Å². The molecule has 2 unspecified atom stereocenters. The van der Waals surface area contributed by atoms with Gasteiger partial charge in [-0.3, -0.25) is 0 Å². The normalized spacial score (nSPS) is 20.8. The summed E-state index contributed by atoms with van der Waals surface area (Å²) in [6, 6.07) is 0. The molecule has 0 spiro atoms. The van der Waals surface area contributed by atoms with Crippen LogP contribution in [-0.2, 0) is 0 Å². The Morgan fingerprint density at radius 3 is 1.69 bits per heavy atom. The van der Waals surface area contributed by atoms with Crippen molar-refractivity contribution in [2.75, 3.05) is 0 Å². The summed E-state index contributed by atoms with van der Waals surface area (Å²) in [4.78, 5) is 0. The molecule has 0 bridgehead atoms. The molecular weight excluding hydrogens is 199 g/mol. The zero-order valence-electron chi connectivity index (χ0n) is 12.2. The Bertz CT molecular complexity index is 220. The zero-order valence-corrected chi connectivity index (χ0v) is 12.2. The van der Waals surface area contributed by atoms with E-state index in [9.17, 15) is 4.39 Å². The van der Waals surface area contributed by atoms with Gasteiger partial charge in [0.2, 0.25) is 0 Å². The van der Waals surface area contributed by atoms with Gasteiger partial charge in [0, 0.05) is 5.41 Å². The van der Waals surface area contributed by atoms with Crippen LogP contribution in [0.4, 0.5) is 4.39 Å². The molecule has 0 amide bonds. The zero-order chi connectivity index (χ0) is 13.0. The summed E-state index contributed by atoms with van der Waals surface area (Å²) in [5.74, 6) is 0. The lowest BCUT2D eigenvalue weighted by molar-refractivity contribution is -0.0537. The Morgan fingerprint density at radius 2 is 1.44 bits per heavy atom. The van der Waals surface area contributed by atoms with E-state index in [4.69, 9.17) is 0 Å². The second-order valence-electron chi connectivity index (χ2n) is 5.61. The second-order valence-corrected chi connectivity index (χ2v) is 5.61. The maximum Gasteiger partial charge on any atom is 0.117 e. The molecule has 0 saturated heterocycles. The summed E-state index contributed by atoms with van der Waals surface area (Å²) in [6.45, 7) is 14.3. The predicted octanol–water partition coefficient (Wildman–Crippen LogP) is 5.53. The summed E-state index contributed by atoms with van der Waals surface area (Å²) in [7, 11) is 0. The Labute approximate surface area is 101 Å². The van der Waals surface area contributed by atoms with E-state index in [1.807, 2.05) is 19.9 Å². The number of rotatable bonds is 6. The van der Waals surface area contributed by atoms with Crippen LogP contribution >= 0.6 is 0 Å². The average Bonchev–Trinajstić information content (AvgIpc) is 2.25. The van der Waals surface area contributed by atoms with Gasteiger partial charge in [-0.2, -0.15) is 0 Å². The first kappa shape index (κ1) is 15.7. The third kappa shape index (κ3) is 2.33. The van der Waals surface area contributed by atoms with Crippen LogP contribution in [0, 0.1) is 10.8 Å². The maximum absolute atomic E-state index is 15.0. The van der Waals surface area contributed by atoms with E-state index in [0.717, 1.165) is 12.8 Å². The van der Waals surface area contributed by atoms with Gasteiger partial charge in [-0.25, -0.2) is 4.39 Å². The molecule has 0 nitrogen and oxygen atoms in total. The molecule has 0 N–H and O–H groups in total. The number of alkyl halides is 1. The van der Waals surface area contributed by atoms with Crippen LogP contribution in [0.3, 0.4) is 0 Å². The SMILES string of the molecule is CC=CC(CC)(C(C)(C)CC)C(C)(F)CC. The minimum atomic E-state index is -1.15. The molecule has 0 aromatic heterocycles. The molecule has 0 saturated carbocycles. The first-order chi connectivity index (χ1) is 7.24. The number of hydrogen-bond donors (Lipinski definition) is 0. The van der Waals surface area contributed by atoms with E-state index in [2.05, 4.69) is 33.8 Å². The molecule has 0 aromatic carbocycles. The smallest absolute Gasteiger partial charge is 0.117 e. The van der Waals surface area contributed by atoms with E-state index in [0.29, 0.717) is 6.42 Å². The average molecular weight is 228 g/mol. The number of halogens is 1. The highest BCUT2D eigenvalue weighted by Crippen LogP contribution is 2.55. The van der Waals surface area contributed by atoms with Crippen LogP contribution in [0.1, 0.15) is 67.7 Å². The van der Waals surface area contributed by atoms with Crippen molar-refractivity contribution in [1.29, 1.82) is 0 Å². The standard InChI is InChI=1S/C15H29F/c1-8-12-15(11-4,13(5,6)9-2)14(7,16)10-3/h8,12H,9-11H2,1-7H3. The number of allylic oxidation sites excluding steroid dienone is 2. The van der Waals surface area contributed by atoms with Crippen molar-refractivity contribution in [3.05, 3.63) is 12.2 Å².